The Kier molecular flexibility index (Phi) is 5.29. The Morgan fingerprint density at radius 3 is 2.82 bits per heavy atom. The number of likely N-dealkylation sites (tertiary alicyclic amines) is 1. The van der Waals surface area contributed by atoms with E-state index in [9.17, 15) is 0 Å². The predicted octanol–water partition coefficient (Wildman–Crippen LogP) is 3.22. The molecule has 0 saturated carbocycles. The molecule has 1 saturated heterocycles. The molecule has 4 heteroatoms. The van der Waals surface area contributed by atoms with Gasteiger partial charge in [-0.25, -0.2) is 0 Å². The fourth-order valence-electron chi connectivity index (χ4n) is 2.35. The van der Waals surface area contributed by atoms with Crippen molar-refractivity contribution in [1.29, 1.82) is 0 Å². The Morgan fingerprint density at radius 1 is 1.47 bits per heavy atom. The van der Waals surface area contributed by atoms with Crippen LogP contribution in [0.2, 0.25) is 5.02 Å². The molecule has 2 heterocycles. The Hall–Kier alpha value is -0.0900. The molecule has 0 spiro atoms. The molecule has 1 aliphatic heterocycles. The van der Waals surface area contributed by atoms with Crippen LogP contribution in [0.15, 0.2) is 11.4 Å². The Balaban J connectivity index is 1.63. The molecule has 1 fully saturated rings. The van der Waals surface area contributed by atoms with Crippen molar-refractivity contribution in [2.75, 3.05) is 26.2 Å². The lowest BCUT2D eigenvalue weighted by Gasteiger charge is -2.31. The van der Waals surface area contributed by atoms with E-state index in [0.717, 1.165) is 24.0 Å². The van der Waals surface area contributed by atoms with E-state index >= 15 is 0 Å². The number of hydrogen-bond donors (Lipinski definition) is 1. The first-order valence-electron chi connectivity index (χ1n) is 6.44. The first-order chi connectivity index (χ1) is 8.28. The van der Waals surface area contributed by atoms with E-state index in [1.165, 1.54) is 37.4 Å². The van der Waals surface area contributed by atoms with Crippen molar-refractivity contribution < 1.29 is 0 Å². The van der Waals surface area contributed by atoms with Crippen LogP contribution in [-0.4, -0.2) is 31.1 Å². The van der Waals surface area contributed by atoms with Gasteiger partial charge in [0.2, 0.25) is 0 Å². The molecule has 0 bridgehead atoms. The summed E-state index contributed by atoms with van der Waals surface area (Å²) in [7, 11) is 0. The van der Waals surface area contributed by atoms with Crippen LogP contribution in [0.3, 0.4) is 0 Å². The molecule has 1 aromatic heterocycles. The van der Waals surface area contributed by atoms with E-state index in [-0.39, 0.29) is 0 Å². The van der Waals surface area contributed by atoms with Crippen molar-refractivity contribution >= 4 is 22.9 Å². The monoisotopic (exact) mass is 272 g/mol. The van der Waals surface area contributed by atoms with Gasteiger partial charge in [-0.05, 0) is 51.0 Å². The van der Waals surface area contributed by atoms with Gasteiger partial charge in [-0.3, -0.25) is 0 Å². The van der Waals surface area contributed by atoms with Gasteiger partial charge in [0.05, 0.1) is 5.02 Å². The highest BCUT2D eigenvalue weighted by molar-refractivity contribution is 7.10. The van der Waals surface area contributed by atoms with Crippen LogP contribution < -0.4 is 5.32 Å². The van der Waals surface area contributed by atoms with Crippen molar-refractivity contribution in [3.05, 3.63) is 21.3 Å². The number of thiophene rings is 1. The van der Waals surface area contributed by atoms with Gasteiger partial charge >= 0.3 is 0 Å². The smallest absolute Gasteiger partial charge is 0.0516 e. The van der Waals surface area contributed by atoms with E-state index < -0.39 is 0 Å². The highest BCUT2D eigenvalue weighted by atomic mass is 35.5. The molecule has 1 aliphatic rings. The summed E-state index contributed by atoms with van der Waals surface area (Å²) >= 11 is 7.63. The number of halogens is 1. The first kappa shape index (κ1) is 13.3. The molecular weight excluding hydrogens is 252 g/mol. The molecule has 0 radical (unpaired) electrons. The second kappa shape index (κ2) is 6.74. The average Bonchev–Trinajstić information content (AvgIpc) is 2.76. The van der Waals surface area contributed by atoms with Gasteiger partial charge in [0.1, 0.15) is 0 Å². The van der Waals surface area contributed by atoms with E-state index in [1.807, 2.05) is 5.38 Å². The van der Waals surface area contributed by atoms with Crippen LogP contribution in [0, 0.1) is 5.92 Å². The zero-order valence-electron chi connectivity index (χ0n) is 10.4. The topological polar surface area (TPSA) is 15.3 Å². The fourth-order valence-corrected chi connectivity index (χ4v) is 3.40. The Bertz CT molecular complexity index is 332. The highest BCUT2D eigenvalue weighted by Gasteiger charge is 2.17. The minimum absolute atomic E-state index is 0.855. The number of nitrogens with zero attached hydrogens (tertiary/aromatic N) is 1. The quantitative estimate of drug-likeness (QED) is 0.885. The number of rotatable bonds is 5. The average molecular weight is 273 g/mol. The Morgan fingerprint density at radius 2 is 2.24 bits per heavy atom. The molecule has 96 valence electrons. The molecule has 0 aliphatic carbocycles. The van der Waals surface area contributed by atoms with Crippen LogP contribution in [0.5, 0.6) is 0 Å². The van der Waals surface area contributed by atoms with Crippen LogP contribution in [0.25, 0.3) is 0 Å². The third-order valence-corrected chi connectivity index (χ3v) is 4.79. The molecule has 0 unspecified atom stereocenters. The Labute approximate surface area is 113 Å². The summed E-state index contributed by atoms with van der Waals surface area (Å²) in [5.74, 6) is 0.855. The largest absolute Gasteiger partial charge is 0.312 e. The third kappa shape index (κ3) is 4.25. The standard InChI is InChI=1S/C13H21ClN2S/c1-2-16-5-3-11(4-6-16)8-15-9-13-7-12(14)10-17-13/h7,10-11,15H,2-6,8-9H2,1H3. The number of piperidine rings is 1. The van der Waals surface area contributed by atoms with Crippen LogP contribution in [-0.2, 0) is 6.54 Å². The molecule has 0 amide bonds. The lowest BCUT2D eigenvalue weighted by molar-refractivity contribution is 0.190. The molecular formula is C13H21ClN2S. The van der Waals surface area contributed by atoms with E-state index in [0.29, 0.717) is 0 Å². The molecule has 2 rings (SSSR count). The maximum atomic E-state index is 5.90. The van der Waals surface area contributed by atoms with Crippen molar-refractivity contribution in [2.24, 2.45) is 5.92 Å². The minimum atomic E-state index is 0.855. The van der Waals surface area contributed by atoms with E-state index in [2.05, 4.69) is 23.2 Å². The van der Waals surface area contributed by atoms with Gasteiger partial charge in [0.25, 0.3) is 0 Å². The molecule has 0 aromatic carbocycles. The van der Waals surface area contributed by atoms with Crippen molar-refractivity contribution in [2.45, 2.75) is 26.3 Å². The number of nitrogens with one attached hydrogen (secondary N) is 1. The van der Waals surface area contributed by atoms with E-state index in [1.54, 1.807) is 11.3 Å². The summed E-state index contributed by atoms with van der Waals surface area (Å²) in [6.45, 7) is 8.10. The van der Waals surface area contributed by atoms with Crippen molar-refractivity contribution in [3.63, 3.8) is 0 Å². The summed E-state index contributed by atoms with van der Waals surface area (Å²) in [6.07, 6.45) is 2.68. The minimum Gasteiger partial charge on any atom is -0.312 e. The van der Waals surface area contributed by atoms with Gasteiger partial charge < -0.3 is 10.2 Å². The SMILES string of the molecule is CCN1CCC(CNCc2cc(Cl)cs2)CC1. The second-order valence-electron chi connectivity index (χ2n) is 4.74. The van der Waals surface area contributed by atoms with Gasteiger partial charge in [0.15, 0.2) is 0 Å². The van der Waals surface area contributed by atoms with Crippen LogP contribution >= 0.6 is 22.9 Å². The van der Waals surface area contributed by atoms with Gasteiger partial charge in [-0.1, -0.05) is 18.5 Å². The van der Waals surface area contributed by atoms with E-state index in [4.69, 9.17) is 11.6 Å². The lowest BCUT2D eigenvalue weighted by atomic mass is 9.97. The number of hydrogen-bond acceptors (Lipinski definition) is 3. The molecule has 1 N–H and O–H groups in total. The summed E-state index contributed by atoms with van der Waals surface area (Å²) < 4.78 is 0. The highest BCUT2D eigenvalue weighted by Crippen LogP contribution is 2.19. The molecule has 0 atom stereocenters. The predicted molar refractivity (Wildman–Crippen MR) is 75.9 cm³/mol. The van der Waals surface area contributed by atoms with Gasteiger partial charge in [-0.15, -0.1) is 11.3 Å². The second-order valence-corrected chi connectivity index (χ2v) is 6.17. The molecule has 1 aromatic rings. The normalized spacial score (nSPS) is 18.7. The van der Waals surface area contributed by atoms with Crippen LogP contribution in [0.4, 0.5) is 0 Å². The third-order valence-electron chi connectivity index (χ3n) is 3.51. The fraction of sp³-hybridized carbons (Fsp3) is 0.692. The summed E-state index contributed by atoms with van der Waals surface area (Å²) in [4.78, 5) is 3.87. The zero-order valence-corrected chi connectivity index (χ0v) is 12.0. The summed E-state index contributed by atoms with van der Waals surface area (Å²) in [5.41, 5.74) is 0. The maximum absolute atomic E-state index is 5.90. The summed E-state index contributed by atoms with van der Waals surface area (Å²) in [6, 6.07) is 2.05. The first-order valence-corrected chi connectivity index (χ1v) is 7.69. The van der Waals surface area contributed by atoms with Gasteiger partial charge in [0, 0.05) is 16.8 Å². The molecule has 2 nitrogen and oxygen atoms in total. The maximum Gasteiger partial charge on any atom is 0.0516 e. The zero-order chi connectivity index (χ0) is 12.1. The summed E-state index contributed by atoms with van der Waals surface area (Å²) in [5, 5.41) is 6.41. The van der Waals surface area contributed by atoms with Gasteiger partial charge in [-0.2, -0.15) is 0 Å². The lowest BCUT2D eigenvalue weighted by Crippen LogP contribution is -2.36. The van der Waals surface area contributed by atoms with Crippen molar-refractivity contribution in [3.8, 4) is 0 Å². The van der Waals surface area contributed by atoms with Crippen molar-refractivity contribution in [1.82, 2.24) is 10.2 Å². The molecule has 17 heavy (non-hydrogen) atoms. The van der Waals surface area contributed by atoms with Crippen LogP contribution in [0.1, 0.15) is 24.6 Å².